The highest BCUT2D eigenvalue weighted by atomic mass is 16.6. The van der Waals surface area contributed by atoms with Crippen molar-refractivity contribution in [1.29, 1.82) is 0 Å². The number of hydrogen-bond acceptors (Lipinski definition) is 6. The maximum Gasteiger partial charge on any atom is 0.306 e. The Morgan fingerprint density at radius 2 is 0.494 bits per heavy atom. The first-order chi connectivity index (χ1) is 40.0. The van der Waals surface area contributed by atoms with Crippen LogP contribution in [0.2, 0.25) is 0 Å². The van der Waals surface area contributed by atoms with E-state index >= 15 is 0 Å². The van der Waals surface area contributed by atoms with E-state index in [-0.39, 0.29) is 37.5 Å². The highest BCUT2D eigenvalue weighted by molar-refractivity contribution is 5.71. The lowest BCUT2D eigenvalue weighted by atomic mass is 10.0. The number of allylic oxidation sites excluding steroid dienone is 22. The van der Waals surface area contributed by atoms with Crippen LogP contribution in [-0.2, 0) is 28.6 Å². The zero-order valence-corrected chi connectivity index (χ0v) is 52.8. The summed E-state index contributed by atoms with van der Waals surface area (Å²) in [6, 6.07) is 0. The van der Waals surface area contributed by atoms with E-state index in [0.717, 1.165) is 135 Å². The van der Waals surface area contributed by atoms with Gasteiger partial charge in [-0.1, -0.05) is 296 Å². The van der Waals surface area contributed by atoms with Gasteiger partial charge in [-0.2, -0.15) is 0 Å². The molecule has 6 nitrogen and oxygen atoms in total. The van der Waals surface area contributed by atoms with Crippen LogP contribution in [0.15, 0.2) is 134 Å². The van der Waals surface area contributed by atoms with Gasteiger partial charge in [0.25, 0.3) is 0 Å². The molecule has 0 heterocycles. The molecular formula is C75H124O6. The molecule has 460 valence electrons. The fraction of sp³-hybridized carbons (Fsp3) is 0.667. The molecule has 0 aromatic heterocycles. The molecular weight excluding hydrogens is 997 g/mol. The Labute approximate surface area is 500 Å². The second-order valence-corrected chi connectivity index (χ2v) is 22.0. The van der Waals surface area contributed by atoms with Crippen LogP contribution in [0.1, 0.15) is 303 Å². The first kappa shape index (κ1) is 76.5. The van der Waals surface area contributed by atoms with Crippen molar-refractivity contribution in [3.05, 3.63) is 134 Å². The average molecular weight is 1120 g/mol. The first-order valence-electron chi connectivity index (χ1n) is 33.7. The van der Waals surface area contributed by atoms with Crippen molar-refractivity contribution in [1.82, 2.24) is 0 Å². The highest BCUT2D eigenvalue weighted by Gasteiger charge is 2.19. The molecule has 0 aliphatic heterocycles. The van der Waals surface area contributed by atoms with Crippen LogP contribution in [0, 0.1) is 0 Å². The topological polar surface area (TPSA) is 78.9 Å². The van der Waals surface area contributed by atoms with Crippen LogP contribution < -0.4 is 0 Å². The molecule has 81 heavy (non-hydrogen) atoms. The minimum Gasteiger partial charge on any atom is -0.462 e. The van der Waals surface area contributed by atoms with Gasteiger partial charge in [0.1, 0.15) is 13.2 Å². The van der Waals surface area contributed by atoms with Gasteiger partial charge in [0, 0.05) is 19.3 Å². The second-order valence-electron chi connectivity index (χ2n) is 22.0. The minimum atomic E-state index is -0.817. The first-order valence-corrected chi connectivity index (χ1v) is 33.7. The smallest absolute Gasteiger partial charge is 0.306 e. The molecule has 1 unspecified atom stereocenters. The zero-order chi connectivity index (χ0) is 58.5. The molecule has 0 rings (SSSR count). The van der Waals surface area contributed by atoms with Crippen molar-refractivity contribution in [3.63, 3.8) is 0 Å². The van der Waals surface area contributed by atoms with E-state index in [0.29, 0.717) is 19.3 Å². The average Bonchev–Trinajstić information content (AvgIpc) is 3.46. The van der Waals surface area contributed by atoms with Gasteiger partial charge in [-0.3, -0.25) is 14.4 Å². The van der Waals surface area contributed by atoms with Crippen molar-refractivity contribution < 1.29 is 28.6 Å². The highest BCUT2D eigenvalue weighted by Crippen LogP contribution is 2.17. The standard InChI is InChI=1S/C75H124O6/c1-4-7-10-13-16-19-22-25-27-29-30-31-32-33-34-35-36-37-38-39-40-41-42-43-44-46-47-50-53-56-59-62-65-68-74(77)80-71-72(70-79-73(76)67-64-61-58-55-52-49-24-21-18-15-12-9-6-3)81-75(78)69-66-63-60-57-54-51-48-45-28-26-23-20-17-14-11-8-5-2/h7-8,10-12,15-17,19-21,24-28,30-31,48,51,57,60,72H,4-6,9,13-14,18,22-23,29,32-47,49-50,52-56,58-59,61-71H2,1-3H3/b10-7-,11-8-,15-12-,19-16-,20-17-,24-21-,27-25-,28-26-,31-30-,51-48-,60-57-. The van der Waals surface area contributed by atoms with E-state index in [1.54, 1.807) is 0 Å². The van der Waals surface area contributed by atoms with Gasteiger partial charge >= 0.3 is 17.9 Å². The van der Waals surface area contributed by atoms with Crippen molar-refractivity contribution in [3.8, 4) is 0 Å². The molecule has 0 N–H and O–H groups in total. The molecule has 0 aromatic rings. The summed E-state index contributed by atoms with van der Waals surface area (Å²) in [5, 5.41) is 0. The molecule has 0 aliphatic rings. The van der Waals surface area contributed by atoms with Crippen LogP contribution in [0.25, 0.3) is 0 Å². The number of unbranched alkanes of at least 4 members (excludes halogenated alkanes) is 27. The molecule has 0 spiro atoms. The third-order valence-corrected chi connectivity index (χ3v) is 14.1. The van der Waals surface area contributed by atoms with Gasteiger partial charge in [-0.15, -0.1) is 0 Å². The van der Waals surface area contributed by atoms with E-state index in [1.165, 1.54) is 122 Å². The maximum atomic E-state index is 12.9. The lowest BCUT2D eigenvalue weighted by Gasteiger charge is -2.18. The summed E-state index contributed by atoms with van der Waals surface area (Å²) in [6.45, 7) is 6.30. The predicted molar refractivity (Wildman–Crippen MR) is 353 cm³/mol. The molecule has 0 amide bonds. The monoisotopic (exact) mass is 1120 g/mol. The number of rotatable bonds is 60. The summed E-state index contributed by atoms with van der Waals surface area (Å²) in [4.78, 5) is 38.3. The molecule has 0 aliphatic carbocycles. The number of carbonyl (C=O) groups excluding carboxylic acids is 3. The van der Waals surface area contributed by atoms with Gasteiger partial charge in [-0.05, 0) is 122 Å². The van der Waals surface area contributed by atoms with Gasteiger partial charge in [0.15, 0.2) is 6.10 Å². The Morgan fingerprint density at radius 3 is 0.790 bits per heavy atom. The Hall–Kier alpha value is -4.45. The molecule has 0 bridgehead atoms. The predicted octanol–water partition coefficient (Wildman–Crippen LogP) is 23.3. The summed E-state index contributed by atoms with van der Waals surface area (Å²) in [5.74, 6) is -0.974. The van der Waals surface area contributed by atoms with E-state index in [1.807, 2.05) is 0 Å². The van der Waals surface area contributed by atoms with Gasteiger partial charge in [0.05, 0.1) is 0 Å². The summed E-state index contributed by atoms with van der Waals surface area (Å²) in [6.07, 6.45) is 96.4. The molecule has 6 heteroatoms. The van der Waals surface area contributed by atoms with Crippen molar-refractivity contribution in [2.75, 3.05) is 13.2 Å². The molecule has 0 saturated carbocycles. The fourth-order valence-electron chi connectivity index (χ4n) is 9.16. The molecule has 0 saturated heterocycles. The van der Waals surface area contributed by atoms with Crippen LogP contribution in [0.5, 0.6) is 0 Å². The van der Waals surface area contributed by atoms with Gasteiger partial charge in [0.2, 0.25) is 0 Å². The summed E-state index contributed by atoms with van der Waals surface area (Å²) in [5.41, 5.74) is 0. The zero-order valence-electron chi connectivity index (χ0n) is 52.8. The Kier molecular flexibility index (Phi) is 64.3. The van der Waals surface area contributed by atoms with Crippen molar-refractivity contribution in [2.24, 2.45) is 0 Å². The maximum absolute atomic E-state index is 12.9. The van der Waals surface area contributed by atoms with Crippen molar-refractivity contribution >= 4 is 17.9 Å². The molecule has 1 atom stereocenters. The van der Waals surface area contributed by atoms with Gasteiger partial charge < -0.3 is 14.2 Å². The summed E-state index contributed by atoms with van der Waals surface area (Å²) < 4.78 is 16.9. The van der Waals surface area contributed by atoms with Gasteiger partial charge in [-0.25, -0.2) is 0 Å². The quantitative estimate of drug-likeness (QED) is 0.0261. The lowest BCUT2D eigenvalue weighted by molar-refractivity contribution is -0.167. The molecule has 0 aromatic carbocycles. The SMILES string of the molecule is CC/C=C\C/C=C\C/C=C\C/C=C\C/C=C\CCCC(=O)OC(COC(=O)CCCCCCC/C=C\C/C=C\CCC)COC(=O)CCCCCCCCCCCCCCCCCCCCCC/C=C\C/C=C\C/C=C\C/C=C\CC. The number of carbonyl (C=O) groups is 3. The normalized spacial score (nSPS) is 13.0. The third-order valence-electron chi connectivity index (χ3n) is 14.1. The summed E-state index contributed by atoms with van der Waals surface area (Å²) >= 11 is 0. The van der Waals surface area contributed by atoms with Crippen LogP contribution >= 0.6 is 0 Å². The van der Waals surface area contributed by atoms with E-state index < -0.39 is 6.10 Å². The minimum absolute atomic E-state index is 0.106. The largest absolute Gasteiger partial charge is 0.462 e. The second kappa shape index (κ2) is 68.1. The Morgan fingerprint density at radius 1 is 0.259 bits per heavy atom. The fourth-order valence-corrected chi connectivity index (χ4v) is 9.16. The third kappa shape index (κ3) is 66.2. The van der Waals surface area contributed by atoms with E-state index in [9.17, 15) is 14.4 Å². The van der Waals surface area contributed by atoms with Crippen LogP contribution in [-0.4, -0.2) is 37.2 Å². The number of hydrogen-bond donors (Lipinski definition) is 0. The summed E-state index contributed by atoms with van der Waals surface area (Å²) in [7, 11) is 0. The number of esters is 3. The van der Waals surface area contributed by atoms with E-state index in [4.69, 9.17) is 14.2 Å². The molecule has 0 fully saturated rings. The van der Waals surface area contributed by atoms with Crippen LogP contribution in [0.4, 0.5) is 0 Å². The molecule has 0 radical (unpaired) electrons. The van der Waals surface area contributed by atoms with Crippen molar-refractivity contribution in [2.45, 2.75) is 309 Å². The van der Waals surface area contributed by atoms with Crippen LogP contribution in [0.3, 0.4) is 0 Å². The van der Waals surface area contributed by atoms with E-state index in [2.05, 4.69) is 154 Å². The lowest BCUT2D eigenvalue weighted by Crippen LogP contribution is -2.30. The number of ether oxygens (including phenoxy) is 3. The Bertz CT molecular complexity index is 1720. The Balaban J connectivity index is 4.22.